The first-order valence-corrected chi connectivity index (χ1v) is 11.1. The van der Waals surface area contributed by atoms with Crippen molar-refractivity contribution in [1.82, 2.24) is 19.2 Å². The van der Waals surface area contributed by atoms with Crippen LogP contribution in [0.1, 0.15) is 6.92 Å². The number of morpholine rings is 1. The number of primary amides is 1. The molecule has 0 aliphatic carbocycles. The lowest BCUT2D eigenvalue weighted by atomic mass is 10.3. The van der Waals surface area contributed by atoms with Crippen LogP contribution in [0.2, 0.25) is 0 Å². The summed E-state index contributed by atoms with van der Waals surface area (Å²) < 4.78 is 34.2. The highest BCUT2D eigenvalue weighted by Crippen LogP contribution is 2.27. The van der Waals surface area contributed by atoms with E-state index in [1.807, 2.05) is 16.8 Å². The lowest BCUT2D eigenvalue weighted by Gasteiger charge is -2.26. The Kier molecular flexibility index (Phi) is 6.23. The standard InChI is InChI=1S/C16H21N5O5S2/c1-2-21-13-4-3-11(28(24,25)20-5-7-26-8-6-20)9-12(13)18-16(21)27-10-14(22)19-15(17)23/h3-4,9H,2,5-8,10H2,1H3,(H3,17,19,22,23). The van der Waals surface area contributed by atoms with E-state index in [9.17, 15) is 18.0 Å². The quantitative estimate of drug-likeness (QED) is 0.635. The highest BCUT2D eigenvalue weighted by Gasteiger charge is 2.27. The van der Waals surface area contributed by atoms with Gasteiger partial charge in [0, 0.05) is 19.6 Å². The Bertz CT molecular complexity index is 998. The highest BCUT2D eigenvalue weighted by atomic mass is 32.2. The van der Waals surface area contributed by atoms with Gasteiger partial charge in [-0.25, -0.2) is 18.2 Å². The molecule has 10 nitrogen and oxygen atoms in total. The third kappa shape index (κ3) is 4.29. The number of aryl methyl sites for hydroxylation is 1. The molecular weight excluding hydrogens is 406 g/mol. The minimum atomic E-state index is -3.62. The van der Waals surface area contributed by atoms with E-state index in [4.69, 9.17) is 10.5 Å². The molecule has 1 aliphatic rings. The predicted octanol–water partition coefficient (Wildman–Crippen LogP) is 0.364. The number of fused-ring (bicyclic) bond motifs is 1. The molecule has 0 spiro atoms. The number of imide groups is 1. The topological polar surface area (TPSA) is 137 Å². The van der Waals surface area contributed by atoms with E-state index in [1.54, 1.807) is 18.2 Å². The van der Waals surface area contributed by atoms with Crippen LogP contribution < -0.4 is 11.1 Å². The van der Waals surface area contributed by atoms with Crippen LogP contribution in [0.15, 0.2) is 28.3 Å². The lowest BCUT2D eigenvalue weighted by Crippen LogP contribution is -2.40. The summed E-state index contributed by atoms with van der Waals surface area (Å²) in [6, 6.07) is 3.91. The SMILES string of the molecule is CCn1c(SCC(=O)NC(N)=O)nc2cc(S(=O)(=O)N3CCOCC3)ccc21. The number of benzene rings is 1. The summed E-state index contributed by atoms with van der Waals surface area (Å²) in [7, 11) is -3.62. The fourth-order valence-electron chi connectivity index (χ4n) is 2.90. The molecule has 12 heteroatoms. The van der Waals surface area contributed by atoms with Crippen LogP contribution in [0.25, 0.3) is 11.0 Å². The number of nitrogens with zero attached hydrogens (tertiary/aromatic N) is 3. The molecule has 1 fully saturated rings. The second-order valence-electron chi connectivity index (χ2n) is 6.01. The second-order valence-corrected chi connectivity index (χ2v) is 8.89. The molecule has 1 aromatic heterocycles. The third-order valence-electron chi connectivity index (χ3n) is 4.20. The lowest BCUT2D eigenvalue weighted by molar-refractivity contribution is -0.117. The van der Waals surface area contributed by atoms with E-state index in [2.05, 4.69) is 4.98 Å². The van der Waals surface area contributed by atoms with Crippen molar-refractivity contribution in [3.8, 4) is 0 Å². The summed E-state index contributed by atoms with van der Waals surface area (Å²) in [6.07, 6.45) is 0. The Morgan fingerprint density at radius 1 is 1.32 bits per heavy atom. The third-order valence-corrected chi connectivity index (χ3v) is 7.07. The number of imidazole rings is 1. The summed E-state index contributed by atoms with van der Waals surface area (Å²) in [5.74, 6) is -0.562. The van der Waals surface area contributed by atoms with E-state index in [1.165, 1.54) is 4.31 Å². The molecular formula is C16H21N5O5S2. The van der Waals surface area contributed by atoms with Gasteiger partial charge >= 0.3 is 6.03 Å². The van der Waals surface area contributed by atoms with Crippen molar-refractivity contribution in [2.75, 3.05) is 32.1 Å². The minimum Gasteiger partial charge on any atom is -0.379 e. The number of sulfonamides is 1. The van der Waals surface area contributed by atoms with Gasteiger partial charge in [0.2, 0.25) is 15.9 Å². The number of urea groups is 1. The number of carbonyl (C=O) groups is 2. The number of nitrogens with one attached hydrogen (secondary N) is 1. The van der Waals surface area contributed by atoms with Crippen molar-refractivity contribution in [2.24, 2.45) is 5.73 Å². The molecule has 1 aromatic carbocycles. The Hall–Kier alpha value is -2.15. The number of hydrogen-bond donors (Lipinski definition) is 2. The number of aromatic nitrogens is 2. The molecule has 0 bridgehead atoms. The molecule has 28 heavy (non-hydrogen) atoms. The van der Waals surface area contributed by atoms with E-state index in [0.29, 0.717) is 43.5 Å². The summed E-state index contributed by atoms with van der Waals surface area (Å²) in [6.45, 7) is 3.90. The Morgan fingerprint density at radius 3 is 2.68 bits per heavy atom. The fraction of sp³-hybridized carbons (Fsp3) is 0.438. The van der Waals surface area contributed by atoms with E-state index in [-0.39, 0.29) is 10.6 Å². The van der Waals surface area contributed by atoms with Crippen LogP contribution in [0.3, 0.4) is 0 Å². The molecule has 1 saturated heterocycles. The smallest absolute Gasteiger partial charge is 0.318 e. The zero-order chi connectivity index (χ0) is 20.3. The van der Waals surface area contributed by atoms with E-state index < -0.39 is 22.0 Å². The van der Waals surface area contributed by atoms with Crippen molar-refractivity contribution in [2.45, 2.75) is 23.5 Å². The normalized spacial score (nSPS) is 15.6. The van der Waals surface area contributed by atoms with Crippen molar-refractivity contribution >= 4 is 44.8 Å². The summed E-state index contributed by atoms with van der Waals surface area (Å²) >= 11 is 1.14. The van der Waals surface area contributed by atoms with Gasteiger partial charge in [0.25, 0.3) is 0 Å². The van der Waals surface area contributed by atoms with Gasteiger partial charge in [0.15, 0.2) is 5.16 Å². The molecule has 2 aromatic rings. The van der Waals surface area contributed by atoms with Crippen LogP contribution in [0, 0.1) is 0 Å². The maximum absolute atomic E-state index is 12.8. The number of ether oxygens (including phenoxy) is 1. The van der Waals surface area contributed by atoms with Gasteiger partial charge in [-0.3, -0.25) is 10.1 Å². The maximum Gasteiger partial charge on any atom is 0.318 e. The Morgan fingerprint density at radius 2 is 2.04 bits per heavy atom. The number of hydrogen-bond acceptors (Lipinski definition) is 7. The zero-order valence-corrected chi connectivity index (χ0v) is 16.9. The van der Waals surface area contributed by atoms with Crippen LogP contribution in [0.5, 0.6) is 0 Å². The largest absolute Gasteiger partial charge is 0.379 e. The molecule has 0 unspecified atom stereocenters. The van der Waals surface area contributed by atoms with Crippen molar-refractivity contribution in [3.05, 3.63) is 18.2 Å². The summed E-state index contributed by atoms with van der Waals surface area (Å²) in [5.41, 5.74) is 6.22. The molecule has 0 atom stereocenters. The predicted molar refractivity (Wildman–Crippen MR) is 103 cm³/mol. The Labute approximate surface area is 166 Å². The molecule has 152 valence electrons. The van der Waals surface area contributed by atoms with Crippen LogP contribution in [-0.2, 0) is 26.1 Å². The van der Waals surface area contributed by atoms with Gasteiger partial charge in [-0.2, -0.15) is 4.31 Å². The average molecular weight is 428 g/mol. The molecule has 3 rings (SSSR count). The van der Waals surface area contributed by atoms with Crippen molar-refractivity contribution in [1.29, 1.82) is 0 Å². The number of amides is 3. The van der Waals surface area contributed by atoms with Gasteiger partial charge < -0.3 is 15.0 Å². The van der Waals surface area contributed by atoms with Gasteiger partial charge in [-0.1, -0.05) is 11.8 Å². The monoisotopic (exact) mass is 427 g/mol. The van der Waals surface area contributed by atoms with Gasteiger partial charge in [-0.05, 0) is 25.1 Å². The average Bonchev–Trinajstić information content (AvgIpc) is 3.03. The number of thioether (sulfide) groups is 1. The first kappa shape index (κ1) is 20.6. The fourth-order valence-corrected chi connectivity index (χ4v) is 5.21. The molecule has 0 saturated carbocycles. The first-order chi connectivity index (χ1) is 13.3. The van der Waals surface area contributed by atoms with Gasteiger partial charge in [0.1, 0.15) is 0 Å². The number of rotatable bonds is 6. The number of nitrogens with two attached hydrogens (primary N) is 1. The van der Waals surface area contributed by atoms with Gasteiger partial charge in [-0.15, -0.1) is 0 Å². The van der Waals surface area contributed by atoms with Crippen molar-refractivity contribution in [3.63, 3.8) is 0 Å². The van der Waals surface area contributed by atoms with E-state index >= 15 is 0 Å². The molecule has 3 amide bonds. The highest BCUT2D eigenvalue weighted by molar-refractivity contribution is 7.99. The second kappa shape index (κ2) is 8.47. The van der Waals surface area contributed by atoms with E-state index in [0.717, 1.165) is 17.3 Å². The molecule has 1 aliphatic heterocycles. The summed E-state index contributed by atoms with van der Waals surface area (Å²) in [4.78, 5) is 27.0. The maximum atomic E-state index is 12.8. The van der Waals surface area contributed by atoms with Crippen LogP contribution in [-0.4, -0.2) is 66.3 Å². The van der Waals surface area contributed by atoms with Crippen molar-refractivity contribution < 1.29 is 22.7 Å². The zero-order valence-electron chi connectivity index (χ0n) is 15.3. The first-order valence-electron chi connectivity index (χ1n) is 8.63. The molecule has 3 N–H and O–H groups in total. The van der Waals surface area contributed by atoms with Crippen LogP contribution >= 0.6 is 11.8 Å². The van der Waals surface area contributed by atoms with Crippen LogP contribution in [0.4, 0.5) is 4.79 Å². The Balaban J connectivity index is 1.88. The molecule has 2 heterocycles. The van der Waals surface area contributed by atoms with Gasteiger partial charge in [0.05, 0.1) is 34.9 Å². The number of carbonyl (C=O) groups excluding carboxylic acids is 2. The minimum absolute atomic E-state index is 0.0365. The summed E-state index contributed by atoms with van der Waals surface area (Å²) in [5, 5.41) is 2.55. The molecule has 0 radical (unpaired) electrons.